The Morgan fingerprint density at radius 1 is 1.26 bits per heavy atom. The van der Waals surface area contributed by atoms with E-state index in [1.165, 1.54) is 0 Å². The zero-order chi connectivity index (χ0) is 16.8. The summed E-state index contributed by atoms with van der Waals surface area (Å²) in [5.41, 5.74) is 0.901. The van der Waals surface area contributed by atoms with Gasteiger partial charge in [0.2, 0.25) is 5.88 Å². The lowest BCUT2D eigenvalue weighted by molar-refractivity contribution is 0.232. The molecule has 0 aliphatic rings. The van der Waals surface area contributed by atoms with Crippen molar-refractivity contribution in [3.05, 3.63) is 47.5 Å². The Bertz CT molecular complexity index is 635. The molecule has 2 amide bonds. The third-order valence-electron chi connectivity index (χ3n) is 3.14. The summed E-state index contributed by atoms with van der Waals surface area (Å²) >= 11 is 0. The second-order valence-electron chi connectivity index (χ2n) is 5.67. The summed E-state index contributed by atoms with van der Waals surface area (Å²) in [6, 6.07) is 6.96. The molecular weight excluding hydrogens is 294 g/mol. The van der Waals surface area contributed by atoms with Crippen molar-refractivity contribution in [1.82, 2.24) is 15.6 Å². The molecule has 6 heteroatoms. The van der Waals surface area contributed by atoms with Crippen LogP contribution in [0.2, 0.25) is 0 Å². The van der Waals surface area contributed by atoms with Crippen LogP contribution in [0.1, 0.15) is 43.9 Å². The molecule has 0 spiro atoms. The number of amides is 2. The van der Waals surface area contributed by atoms with Gasteiger partial charge in [0.15, 0.2) is 0 Å². The van der Waals surface area contributed by atoms with Gasteiger partial charge in [0.05, 0.1) is 12.1 Å². The van der Waals surface area contributed by atoms with E-state index in [0.717, 1.165) is 17.1 Å². The van der Waals surface area contributed by atoms with Crippen molar-refractivity contribution in [2.75, 3.05) is 0 Å². The highest BCUT2D eigenvalue weighted by Crippen LogP contribution is 2.15. The van der Waals surface area contributed by atoms with E-state index < -0.39 is 0 Å². The highest BCUT2D eigenvalue weighted by atomic mass is 16.5. The first-order valence-electron chi connectivity index (χ1n) is 7.66. The average Bonchev–Trinajstić information content (AvgIpc) is 2.93. The summed E-state index contributed by atoms with van der Waals surface area (Å²) in [7, 11) is 0. The van der Waals surface area contributed by atoms with Gasteiger partial charge in [-0.1, -0.05) is 6.07 Å². The van der Waals surface area contributed by atoms with Crippen molar-refractivity contribution in [3.63, 3.8) is 0 Å². The first-order chi connectivity index (χ1) is 10.9. The van der Waals surface area contributed by atoms with Crippen molar-refractivity contribution in [3.8, 4) is 5.88 Å². The fourth-order valence-corrected chi connectivity index (χ4v) is 2.01. The van der Waals surface area contributed by atoms with Crippen LogP contribution in [0.4, 0.5) is 4.79 Å². The zero-order valence-electron chi connectivity index (χ0n) is 13.9. The van der Waals surface area contributed by atoms with E-state index in [1.807, 2.05) is 45.9 Å². The molecule has 1 unspecified atom stereocenters. The summed E-state index contributed by atoms with van der Waals surface area (Å²) in [6.07, 6.45) is 1.78. The van der Waals surface area contributed by atoms with Crippen LogP contribution in [0.15, 0.2) is 34.9 Å². The lowest BCUT2D eigenvalue weighted by Gasteiger charge is -2.13. The Morgan fingerprint density at radius 3 is 2.61 bits per heavy atom. The van der Waals surface area contributed by atoms with Crippen molar-refractivity contribution in [1.29, 1.82) is 0 Å². The minimum atomic E-state index is -0.255. The highest BCUT2D eigenvalue weighted by molar-refractivity contribution is 5.74. The Morgan fingerprint density at radius 2 is 2.04 bits per heavy atom. The zero-order valence-corrected chi connectivity index (χ0v) is 13.9. The maximum absolute atomic E-state index is 11.9. The van der Waals surface area contributed by atoms with Crippen LogP contribution >= 0.6 is 0 Å². The number of nitrogens with zero attached hydrogens (tertiary/aromatic N) is 1. The second kappa shape index (κ2) is 7.67. The number of carbonyl (C=O) groups excluding carboxylic acids is 1. The summed E-state index contributed by atoms with van der Waals surface area (Å²) < 4.78 is 11.0. The van der Waals surface area contributed by atoms with E-state index in [1.54, 1.807) is 12.3 Å². The lowest BCUT2D eigenvalue weighted by Crippen LogP contribution is -2.36. The molecule has 0 aromatic carbocycles. The number of urea groups is 1. The number of hydrogen-bond acceptors (Lipinski definition) is 4. The van der Waals surface area contributed by atoms with Gasteiger partial charge in [0.25, 0.3) is 0 Å². The van der Waals surface area contributed by atoms with E-state index >= 15 is 0 Å². The first kappa shape index (κ1) is 16.9. The molecule has 0 bridgehead atoms. The van der Waals surface area contributed by atoms with Gasteiger partial charge < -0.3 is 19.8 Å². The summed E-state index contributed by atoms with van der Waals surface area (Å²) in [4.78, 5) is 16.1. The number of nitrogens with one attached hydrogen (secondary N) is 2. The van der Waals surface area contributed by atoms with Crippen molar-refractivity contribution in [2.45, 2.75) is 46.4 Å². The Labute approximate surface area is 136 Å². The maximum Gasteiger partial charge on any atom is 0.315 e. The molecule has 124 valence electrons. The van der Waals surface area contributed by atoms with Crippen LogP contribution in [-0.2, 0) is 6.54 Å². The third kappa shape index (κ3) is 5.32. The molecule has 2 aromatic heterocycles. The first-order valence-corrected chi connectivity index (χ1v) is 7.66. The van der Waals surface area contributed by atoms with Gasteiger partial charge >= 0.3 is 6.03 Å². The van der Waals surface area contributed by atoms with E-state index in [4.69, 9.17) is 9.15 Å². The summed E-state index contributed by atoms with van der Waals surface area (Å²) in [5.74, 6) is 2.13. The average molecular weight is 317 g/mol. The number of rotatable bonds is 6. The van der Waals surface area contributed by atoms with E-state index in [9.17, 15) is 4.79 Å². The normalized spacial score (nSPS) is 12.0. The molecule has 0 radical (unpaired) electrons. The number of pyridine rings is 1. The fourth-order valence-electron chi connectivity index (χ4n) is 2.01. The minimum Gasteiger partial charge on any atom is -0.475 e. The van der Waals surface area contributed by atoms with Crippen LogP contribution in [-0.4, -0.2) is 17.1 Å². The molecule has 2 N–H and O–H groups in total. The Hall–Kier alpha value is -2.50. The molecule has 0 aliphatic carbocycles. The Balaban J connectivity index is 1.79. The molecular formula is C17H23N3O3. The number of ether oxygens (including phenoxy) is 1. The smallest absolute Gasteiger partial charge is 0.315 e. The van der Waals surface area contributed by atoms with E-state index in [2.05, 4.69) is 15.6 Å². The van der Waals surface area contributed by atoms with Crippen LogP contribution in [0, 0.1) is 6.92 Å². The second-order valence-corrected chi connectivity index (χ2v) is 5.67. The van der Waals surface area contributed by atoms with Crippen molar-refractivity contribution >= 4 is 6.03 Å². The molecule has 0 saturated heterocycles. The number of aromatic nitrogens is 1. The van der Waals surface area contributed by atoms with Crippen molar-refractivity contribution in [2.24, 2.45) is 0 Å². The lowest BCUT2D eigenvalue weighted by atomic mass is 10.2. The molecule has 2 heterocycles. The monoisotopic (exact) mass is 317 g/mol. The predicted molar refractivity (Wildman–Crippen MR) is 87.2 cm³/mol. The predicted octanol–water partition coefficient (Wildman–Crippen LogP) is 3.33. The van der Waals surface area contributed by atoms with Crippen LogP contribution in [0.5, 0.6) is 5.88 Å². The van der Waals surface area contributed by atoms with Gasteiger partial charge in [0, 0.05) is 18.8 Å². The van der Waals surface area contributed by atoms with Crippen molar-refractivity contribution < 1.29 is 13.9 Å². The van der Waals surface area contributed by atoms with E-state index in [0.29, 0.717) is 12.4 Å². The molecule has 6 nitrogen and oxygen atoms in total. The molecule has 1 atom stereocenters. The quantitative estimate of drug-likeness (QED) is 0.857. The standard InChI is InChI=1S/C17H23N3O3/c1-11(2)22-16-8-6-14(9-18-16)10-19-17(21)20-13(4)15-7-5-12(3)23-15/h5-9,11,13H,10H2,1-4H3,(H2,19,20,21). The van der Waals surface area contributed by atoms with Gasteiger partial charge in [-0.25, -0.2) is 9.78 Å². The van der Waals surface area contributed by atoms with Crippen LogP contribution in [0.25, 0.3) is 0 Å². The van der Waals surface area contributed by atoms with Crippen LogP contribution < -0.4 is 15.4 Å². The SMILES string of the molecule is Cc1ccc(C(C)NC(=O)NCc2ccc(OC(C)C)nc2)o1. The molecule has 0 aliphatic heterocycles. The third-order valence-corrected chi connectivity index (χ3v) is 3.14. The maximum atomic E-state index is 11.9. The molecule has 2 rings (SSSR count). The Kier molecular flexibility index (Phi) is 5.62. The fraction of sp³-hybridized carbons (Fsp3) is 0.412. The van der Waals surface area contributed by atoms with Gasteiger partial charge in [-0.05, 0) is 45.4 Å². The van der Waals surface area contributed by atoms with Gasteiger partial charge in [-0.15, -0.1) is 0 Å². The minimum absolute atomic E-state index is 0.0870. The van der Waals surface area contributed by atoms with Gasteiger partial charge in [0.1, 0.15) is 11.5 Å². The topological polar surface area (TPSA) is 76.4 Å². The van der Waals surface area contributed by atoms with Crippen LogP contribution in [0.3, 0.4) is 0 Å². The van der Waals surface area contributed by atoms with Gasteiger partial charge in [-0.3, -0.25) is 0 Å². The molecule has 2 aromatic rings. The molecule has 0 fully saturated rings. The highest BCUT2D eigenvalue weighted by Gasteiger charge is 2.12. The number of hydrogen-bond donors (Lipinski definition) is 2. The summed E-state index contributed by atoms with van der Waals surface area (Å²) in [5, 5.41) is 5.62. The number of carbonyl (C=O) groups is 1. The summed E-state index contributed by atoms with van der Waals surface area (Å²) in [6.45, 7) is 8.03. The number of aryl methyl sites for hydroxylation is 1. The largest absolute Gasteiger partial charge is 0.475 e. The van der Waals surface area contributed by atoms with E-state index in [-0.39, 0.29) is 18.2 Å². The molecule has 23 heavy (non-hydrogen) atoms. The molecule has 0 saturated carbocycles. The number of furan rings is 1. The van der Waals surface area contributed by atoms with Gasteiger partial charge in [-0.2, -0.15) is 0 Å².